The first kappa shape index (κ1) is 21.3. The van der Waals surface area contributed by atoms with Crippen LogP contribution in [0, 0.1) is 10.1 Å². The van der Waals surface area contributed by atoms with Crippen LogP contribution in [0.3, 0.4) is 0 Å². The number of nitrogens with zero attached hydrogens (tertiary/aromatic N) is 5. The van der Waals surface area contributed by atoms with Crippen molar-refractivity contribution in [2.45, 2.75) is 42.8 Å². The largest absolute Gasteiger partial charge is 0.370 e. The van der Waals surface area contributed by atoms with E-state index < -0.39 is 4.92 Å². The van der Waals surface area contributed by atoms with E-state index in [1.807, 2.05) is 28.8 Å². The number of nitro benzene ring substituents is 1. The summed E-state index contributed by atoms with van der Waals surface area (Å²) in [7, 11) is 0. The van der Waals surface area contributed by atoms with Gasteiger partial charge in [-0.15, -0.1) is 0 Å². The fraction of sp³-hybridized carbons (Fsp3) is 0.250. The van der Waals surface area contributed by atoms with Crippen LogP contribution in [0.4, 0.5) is 5.69 Å². The zero-order valence-electron chi connectivity index (χ0n) is 16.7. The summed E-state index contributed by atoms with van der Waals surface area (Å²) in [4.78, 5) is 24.9. The molecule has 0 spiro atoms. The fourth-order valence-electron chi connectivity index (χ4n) is 2.86. The normalized spacial score (nSPS) is 10.9. The highest BCUT2D eigenvalue weighted by Crippen LogP contribution is 2.36. The maximum absolute atomic E-state index is 11.2. The van der Waals surface area contributed by atoms with Crippen molar-refractivity contribution in [1.82, 2.24) is 14.5 Å². The van der Waals surface area contributed by atoms with Crippen molar-refractivity contribution < 1.29 is 4.92 Å². The standard InChI is InChI=1S/C20H23N7O2S/c1-13(2)18-19(30-16-8-5-7-15(10-16)27(28)29)26(12-14-6-3-4-9-23-14)17(25-18)11-24-20(21)22/h3-10,13H,11-12H2,1-2H3,(H4,21,22,24). The van der Waals surface area contributed by atoms with E-state index in [4.69, 9.17) is 16.5 Å². The van der Waals surface area contributed by atoms with Gasteiger partial charge >= 0.3 is 0 Å². The van der Waals surface area contributed by atoms with Crippen LogP contribution >= 0.6 is 11.8 Å². The molecule has 10 heteroatoms. The van der Waals surface area contributed by atoms with Gasteiger partial charge in [0.15, 0.2) is 5.96 Å². The predicted octanol–water partition coefficient (Wildman–Crippen LogP) is 3.28. The van der Waals surface area contributed by atoms with Crippen molar-refractivity contribution in [1.29, 1.82) is 0 Å². The van der Waals surface area contributed by atoms with Crippen molar-refractivity contribution in [3.8, 4) is 0 Å². The molecule has 0 saturated carbocycles. The molecule has 9 nitrogen and oxygen atoms in total. The Labute approximate surface area is 178 Å². The number of nitro groups is 1. The van der Waals surface area contributed by atoms with Crippen molar-refractivity contribution in [3.05, 3.63) is 76.0 Å². The molecule has 1 aromatic carbocycles. The number of non-ortho nitro benzene ring substituents is 1. The van der Waals surface area contributed by atoms with Crippen LogP contribution in [0.2, 0.25) is 0 Å². The van der Waals surface area contributed by atoms with Crippen LogP contribution in [0.15, 0.2) is 63.6 Å². The Morgan fingerprint density at radius 3 is 2.70 bits per heavy atom. The smallest absolute Gasteiger partial charge is 0.270 e. The Bertz CT molecular complexity index is 1060. The molecule has 156 valence electrons. The molecule has 30 heavy (non-hydrogen) atoms. The quantitative estimate of drug-likeness (QED) is 0.244. The molecular formula is C20H23N7O2S. The molecule has 3 aromatic rings. The second-order valence-corrected chi connectivity index (χ2v) is 7.94. The maximum atomic E-state index is 11.2. The monoisotopic (exact) mass is 425 g/mol. The van der Waals surface area contributed by atoms with Crippen LogP contribution in [0.25, 0.3) is 0 Å². The summed E-state index contributed by atoms with van der Waals surface area (Å²) in [5.41, 5.74) is 12.8. The lowest BCUT2D eigenvalue weighted by Crippen LogP contribution is -2.23. The van der Waals surface area contributed by atoms with E-state index in [0.29, 0.717) is 12.4 Å². The van der Waals surface area contributed by atoms with Crippen molar-refractivity contribution in [3.63, 3.8) is 0 Å². The summed E-state index contributed by atoms with van der Waals surface area (Å²) in [6.07, 6.45) is 1.73. The molecule has 0 fully saturated rings. The third-order valence-corrected chi connectivity index (χ3v) is 5.38. The number of imidazole rings is 1. The number of hydrogen-bond acceptors (Lipinski definition) is 6. The Morgan fingerprint density at radius 1 is 1.27 bits per heavy atom. The average molecular weight is 426 g/mol. The molecule has 2 heterocycles. The van der Waals surface area contributed by atoms with Gasteiger partial charge in [0.1, 0.15) is 17.4 Å². The van der Waals surface area contributed by atoms with Crippen LogP contribution in [-0.4, -0.2) is 25.4 Å². The van der Waals surface area contributed by atoms with E-state index in [0.717, 1.165) is 21.3 Å². The third-order valence-electron chi connectivity index (χ3n) is 4.26. The minimum absolute atomic E-state index is 0.0126. The molecule has 0 aliphatic rings. The summed E-state index contributed by atoms with van der Waals surface area (Å²) >= 11 is 1.43. The first-order valence-electron chi connectivity index (χ1n) is 9.32. The number of aromatic nitrogens is 3. The number of nitrogens with two attached hydrogens (primary N) is 2. The van der Waals surface area contributed by atoms with Gasteiger partial charge in [-0.1, -0.05) is 37.7 Å². The molecule has 0 aliphatic heterocycles. The second-order valence-electron chi connectivity index (χ2n) is 6.88. The molecule has 2 aromatic heterocycles. The van der Waals surface area contributed by atoms with Gasteiger partial charge in [0.25, 0.3) is 5.69 Å². The number of benzene rings is 1. The van der Waals surface area contributed by atoms with E-state index in [-0.39, 0.29) is 24.1 Å². The van der Waals surface area contributed by atoms with Gasteiger partial charge in [0.2, 0.25) is 0 Å². The molecule has 0 unspecified atom stereocenters. The maximum Gasteiger partial charge on any atom is 0.270 e. The average Bonchev–Trinajstić information content (AvgIpc) is 3.05. The van der Waals surface area contributed by atoms with Gasteiger partial charge in [-0.05, 0) is 24.1 Å². The van der Waals surface area contributed by atoms with Crippen LogP contribution < -0.4 is 11.5 Å². The SMILES string of the molecule is CC(C)c1nc(CN=C(N)N)n(Cc2ccccn2)c1Sc1cccc([N+](=O)[O-])c1. The highest BCUT2D eigenvalue weighted by Gasteiger charge is 2.21. The summed E-state index contributed by atoms with van der Waals surface area (Å²) in [5, 5.41) is 12.1. The first-order chi connectivity index (χ1) is 14.3. The molecule has 0 saturated heterocycles. The minimum atomic E-state index is -0.400. The molecule has 0 amide bonds. The highest BCUT2D eigenvalue weighted by molar-refractivity contribution is 7.99. The Balaban J connectivity index is 2.09. The summed E-state index contributed by atoms with van der Waals surface area (Å²) < 4.78 is 2.02. The first-order valence-corrected chi connectivity index (χ1v) is 10.1. The molecular weight excluding hydrogens is 402 g/mol. The second kappa shape index (κ2) is 9.40. The molecule has 0 radical (unpaired) electrons. The minimum Gasteiger partial charge on any atom is -0.370 e. The van der Waals surface area contributed by atoms with Crippen molar-refractivity contribution in [2.75, 3.05) is 0 Å². The molecule has 3 rings (SSSR count). The van der Waals surface area contributed by atoms with Gasteiger partial charge in [0, 0.05) is 23.2 Å². The number of pyridine rings is 1. The Kier molecular flexibility index (Phi) is 6.68. The zero-order valence-corrected chi connectivity index (χ0v) is 17.5. The van der Waals surface area contributed by atoms with Gasteiger partial charge in [-0.3, -0.25) is 15.1 Å². The van der Waals surface area contributed by atoms with Crippen LogP contribution in [0.5, 0.6) is 0 Å². The molecule has 0 aliphatic carbocycles. The third kappa shape index (κ3) is 5.15. The van der Waals surface area contributed by atoms with Gasteiger partial charge < -0.3 is 16.0 Å². The number of guanidine groups is 1. The van der Waals surface area contributed by atoms with Crippen LogP contribution in [0.1, 0.15) is 37.0 Å². The van der Waals surface area contributed by atoms with E-state index in [1.54, 1.807) is 18.3 Å². The van der Waals surface area contributed by atoms with Crippen molar-refractivity contribution in [2.24, 2.45) is 16.5 Å². The Hall–Kier alpha value is -3.40. The summed E-state index contributed by atoms with van der Waals surface area (Å²) in [5.74, 6) is 0.821. The summed E-state index contributed by atoms with van der Waals surface area (Å²) in [6.45, 7) is 4.81. The molecule has 0 bridgehead atoms. The van der Waals surface area contributed by atoms with Gasteiger partial charge in [0.05, 0.1) is 22.9 Å². The van der Waals surface area contributed by atoms with E-state index in [2.05, 4.69) is 23.8 Å². The lowest BCUT2D eigenvalue weighted by atomic mass is 10.1. The van der Waals surface area contributed by atoms with Gasteiger partial charge in [-0.2, -0.15) is 0 Å². The fourth-order valence-corrected chi connectivity index (χ4v) is 4.07. The highest BCUT2D eigenvalue weighted by atomic mass is 32.2. The lowest BCUT2D eigenvalue weighted by Gasteiger charge is -2.13. The topological polar surface area (TPSA) is 138 Å². The predicted molar refractivity (Wildman–Crippen MR) is 116 cm³/mol. The number of aliphatic imine (C=N–C) groups is 1. The molecule has 4 N–H and O–H groups in total. The zero-order chi connectivity index (χ0) is 21.7. The molecule has 0 atom stereocenters. The van der Waals surface area contributed by atoms with E-state index in [1.165, 1.54) is 17.8 Å². The Morgan fingerprint density at radius 2 is 2.07 bits per heavy atom. The summed E-state index contributed by atoms with van der Waals surface area (Å²) in [6, 6.07) is 12.3. The van der Waals surface area contributed by atoms with Crippen LogP contribution in [-0.2, 0) is 13.1 Å². The number of rotatable bonds is 8. The van der Waals surface area contributed by atoms with Crippen molar-refractivity contribution >= 4 is 23.4 Å². The number of hydrogen-bond donors (Lipinski definition) is 2. The lowest BCUT2D eigenvalue weighted by molar-refractivity contribution is -0.385. The van der Waals surface area contributed by atoms with E-state index in [9.17, 15) is 10.1 Å². The van der Waals surface area contributed by atoms with Gasteiger partial charge in [-0.25, -0.2) is 9.98 Å². The van der Waals surface area contributed by atoms with E-state index >= 15 is 0 Å².